The minimum absolute atomic E-state index is 0.115. The van der Waals surface area contributed by atoms with Crippen LogP contribution in [-0.2, 0) is 35.1 Å². The van der Waals surface area contributed by atoms with Gasteiger partial charge < -0.3 is 23.7 Å². The Labute approximate surface area is 134 Å². The van der Waals surface area contributed by atoms with Crippen molar-refractivity contribution in [3.63, 3.8) is 0 Å². The van der Waals surface area contributed by atoms with Gasteiger partial charge in [0, 0.05) is 0 Å². The van der Waals surface area contributed by atoms with Crippen molar-refractivity contribution in [1.29, 1.82) is 0 Å². The number of benzene rings is 1. The smallest absolute Gasteiger partial charge is 0.344 e. The van der Waals surface area contributed by atoms with Gasteiger partial charge in [0.15, 0.2) is 11.4 Å². The maximum absolute atomic E-state index is 12.3. The minimum Gasteiger partial charge on any atom is -0.460 e. The molecule has 1 aromatic rings. The first-order chi connectivity index (χ1) is 11.0. The van der Waals surface area contributed by atoms with Gasteiger partial charge in [-0.2, -0.15) is 0 Å². The molecular weight excluding hydrogens is 300 g/mol. The number of rotatable bonds is 3. The van der Waals surface area contributed by atoms with Crippen LogP contribution >= 0.6 is 0 Å². The summed E-state index contributed by atoms with van der Waals surface area (Å²) < 4.78 is 29.0. The topological polar surface area (TPSA) is 63.2 Å². The first kappa shape index (κ1) is 15.1. The molecule has 0 saturated carbocycles. The molecule has 0 amide bonds. The molecule has 0 N–H and O–H groups in total. The third-order valence-corrected chi connectivity index (χ3v) is 4.78. The molecule has 0 spiro atoms. The quantitative estimate of drug-likeness (QED) is 0.785. The lowest BCUT2D eigenvalue weighted by Gasteiger charge is -2.47. The number of esters is 1. The Kier molecular flexibility index (Phi) is 3.29. The molecule has 3 aliphatic rings. The average molecular weight is 320 g/mol. The number of hydrogen-bond donors (Lipinski definition) is 0. The summed E-state index contributed by atoms with van der Waals surface area (Å²) in [7, 11) is 0. The van der Waals surface area contributed by atoms with E-state index in [1.54, 1.807) is 0 Å². The standard InChI is InChI=1S/C17H20O6/c1-15(2)22-11-17-14(18)20-10-16(17,23-15)13(9-21-17)19-8-12-6-4-3-5-7-12/h3-7,13H,8-11H2,1-2H3/t13-,16+,17-/m1/s1. The fraction of sp³-hybridized carbons (Fsp3) is 0.588. The monoisotopic (exact) mass is 320 g/mol. The van der Waals surface area contributed by atoms with E-state index in [2.05, 4.69) is 0 Å². The van der Waals surface area contributed by atoms with Crippen LogP contribution in [0.2, 0.25) is 0 Å². The Bertz CT molecular complexity index is 615. The minimum atomic E-state index is -1.22. The summed E-state index contributed by atoms with van der Waals surface area (Å²) in [6.45, 7) is 4.58. The molecule has 0 aliphatic carbocycles. The predicted octanol–water partition coefficient (Wildman–Crippen LogP) is 1.42. The Morgan fingerprint density at radius 3 is 2.74 bits per heavy atom. The number of carbonyl (C=O) groups is 1. The zero-order valence-corrected chi connectivity index (χ0v) is 13.2. The second-order valence-electron chi connectivity index (χ2n) is 6.68. The summed E-state index contributed by atoms with van der Waals surface area (Å²) in [5.74, 6) is -1.25. The molecule has 6 heteroatoms. The molecule has 23 heavy (non-hydrogen) atoms. The van der Waals surface area contributed by atoms with Crippen molar-refractivity contribution in [2.24, 2.45) is 0 Å². The van der Waals surface area contributed by atoms with Crippen molar-refractivity contribution in [2.45, 2.75) is 43.5 Å². The van der Waals surface area contributed by atoms with E-state index in [-0.39, 0.29) is 19.8 Å². The molecule has 4 rings (SSSR count). The Hall–Kier alpha value is -1.47. The van der Waals surface area contributed by atoms with E-state index in [0.29, 0.717) is 6.61 Å². The molecule has 3 aliphatic heterocycles. The summed E-state index contributed by atoms with van der Waals surface area (Å²) in [6, 6.07) is 9.86. The van der Waals surface area contributed by atoms with Gasteiger partial charge in [-0.1, -0.05) is 30.3 Å². The normalized spacial score (nSPS) is 38.0. The van der Waals surface area contributed by atoms with Crippen LogP contribution in [0, 0.1) is 0 Å². The van der Waals surface area contributed by atoms with E-state index in [0.717, 1.165) is 5.56 Å². The Balaban J connectivity index is 1.60. The summed E-state index contributed by atoms with van der Waals surface area (Å²) in [5, 5.41) is 0. The van der Waals surface area contributed by atoms with Gasteiger partial charge in [0.1, 0.15) is 12.7 Å². The summed E-state index contributed by atoms with van der Waals surface area (Å²) in [4.78, 5) is 12.3. The number of ether oxygens (including phenoxy) is 5. The molecule has 0 radical (unpaired) electrons. The summed E-state index contributed by atoms with van der Waals surface area (Å²) in [5.41, 5.74) is -1.12. The maximum atomic E-state index is 12.3. The van der Waals surface area contributed by atoms with Crippen molar-refractivity contribution in [3.8, 4) is 0 Å². The molecular formula is C17H20O6. The van der Waals surface area contributed by atoms with Crippen LogP contribution in [-0.4, -0.2) is 48.9 Å². The second kappa shape index (κ2) is 5.01. The van der Waals surface area contributed by atoms with E-state index in [1.807, 2.05) is 44.2 Å². The van der Waals surface area contributed by atoms with Crippen LogP contribution in [0.5, 0.6) is 0 Å². The molecule has 3 atom stereocenters. The highest BCUT2D eigenvalue weighted by molar-refractivity contribution is 5.85. The number of carbonyl (C=O) groups excluding carboxylic acids is 1. The van der Waals surface area contributed by atoms with Gasteiger partial charge in [-0.25, -0.2) is 4.79 Å². The van der Waals surface area contributed by atoms with Crippen molar-refractivity contribution < 1.29 is 28.5 Å². The van der Waals surface area contributed by atoms with Crippen LogP contribution in [0.25, 0.3) is 0 Å². The fourth-order valence-electron chi connectivity index (χ4n) is 3.56. The van der Waals surface area contributed by atoms with E-state index >= 15 is 0 Å². The largest absolute Gasteiger partial charge is 0.460 e. The van der Waals surface area contributed by atoms with E-state index in [9.17, 15) is 4.79 Å². The molecule has 124 valence electrons. The molecule has 0 aromatic heterocycles. The molecule has 1 aromatic carbocycles. The number of cyclic esters (lactones) is 1. The first-order valence-corrected chi connectivity index (χ1v) is 7.78. The SMILES string of the molecule is CC1(C)OC[C@]23OC[C@@H](OCc4ccccc4)[C@]2(COC3=O)O1. The van der Waals surface area contributed by atoms with Gasteiger partial charge >= 0.3 is 5.97 Å². The lowest BCUT2D eigenvalue weighted by molar-refractivity contribution is -0.352. The molecule has 0 unspecified atom stereocenters. The van der Waals surface area contributed by atoms with E-state index in [1.165, 1.54) is 0 Å². The van der Waals surface area contributed by atoms with Gasteiger partial charge in [0.05, 0.1) is 19.8 Å². The van der Waals surface area contributed by atoms with Crippen molar-refractivity contribution in [2.75, 3.05) is 19.8 Å². The van der Waals surface area contributed by atoms with Crippen LogP contribution in [0.15, 0.2) is 30.3 Å². The molecule has 3 fully saturated rings. The zero-order chi connectivity index (χ0) is 16.1. The third kappa shape index (κ3) is 2.13. The van der Waals surface area contributed by atoms with Gasteiger partial charge in [-0.15, -0.1) is 0 Å². The van der Waals surface area contributed by atoms with Crippen molar-refractivity contribution in [3.05, 3.63) is 35.9 Å². The van der Waals surface area contributed by atoms with Crippen molar-refractivity contribution >= 4 is 5.97 Å². The Morgan fingerprint density at radius 2 is 1.96 bits per heavy atom. The van der Waals surface area contributed by atoms with Gasteiger partial charge in [-0.3, -0.25) is 0 Å². The van der Waals surface area contributed by atoms with E-state index in [4.69, 9.17) is 23.7 Å². The number of hydrogen-bond acceptors (Lipinski definition) is 6. The lowest BCUT2D eigenvalue weighted by Crippen LogP contribution is -2.68. The summed E-state index contributed by atoms with van der Waals surface area (Å²) >= 11 is 0. The van der Waals surface area contributed by atoms with Gasteiger partial charge in [0.25, 0.3) is 0 Å². The highest BCUT2D eigenvalue weighted by Gasteiger charge is 2.76. The van der Waals surface area contributed by atoms with E-state index < -0.39 is 29.1 Å². The van der Waals surface area contributed by atoms with Crippen LogP contribution < -0.4 is 0 Å². The highest BCUT2D eigenvalue weighted by Crippen LogP contribution is 2.51. The molecule has 6 nitrogen and oxygen atoms in total. The average Bonchev–Trinajstić information content (AvgIpc) is 2.99. The van der Waals surface area contributed by atoms with Crippen LogP contribution in [0.1, 0.15) is 19.4 Å². The molecule has 0 bridgehead atoms. The van der Waals surface area contributed by atoms with Crippen LogP contribution in [0.3, 0.4) is 0 Å². The summed E-state index contributed by atoms with van der Waals surface area (Å²) in [6.07, 6.45) is -0.391. The van der Waals surface area contributed by atoms with Gasteiger partial charge in [0.2, 0.25) is 5.60 Å². The lowest BCUT2D eigenvalue weighted by atomic mass is 9.82. The molecule has 3 heterocycles. The molecule has 3 saturated heterocycles. The first-order valence-electron chi connectivity index (χ1n) is 7.78. The second-order valence-corrected chi connectivity index (χ2v) is 6.68. The van der Waals surface area contributed by atoms with Crippen molar-refractivity contribution in [1.82, 2.24) is 0 Å². The maximum Gasteiger partial charge on any atom is 0.344 e. The Morgan fingerprint density at radius 1 is 1.17 bits per heavy atom. The third-order valence-electron chi connectivity index (χ3n) is 4.78. The highest BCUT2D eigenvalue weighted by atomic mass is 16.8. The fourth-order valence-corrected chi connectivity index (χ4v) is 3.56. The predicted molar refractivity (Wildman–Crippen MR) is 78.5 cm³/mol. The van der Waals surface area contributed by atoms with Crippen LogP contribution in [0.4, 0.5) is 0 Å². The zero-order valence-electron chi connectivity index (χ0n) is 13.2. The van der Waals surface area contributed by atoms with Gasteiger partial charge in [-0.05, 0) is 19.4 Å².